The Bertz CT molecular complexity index is 718. The third-order valence-corrected chi connectivity index (χ3v) is 3.63. The van der Waals surface area contributed by atoms with Crippen LogP contribution in [0.2, 0.25) is 5.02 Å². The molecule has 0 aliphatic carbocycles. The molecule has 0 aliphatic heterocycles. The minimum atomic E-state index is 0.511. The molecule has 0 amide bonds. The van der Waals surface area contributed by atoms with Crippen LogP contribution in [0.15, 0.2) is 48.8 Å². The van der Waals surface area contributed by atoms with Crippen molar-refractivity contribution in [2.45, 2.75) is 13.1 Å². The molecule has 19 heavy (non-hydrogen) atoms. The number of hydrogen-bond acceptors (Lipinski definition) is 2. The van der Waals surface area contributed by atoms with Crippen molar-refractivity contribution in [2.75, 3.05) is 0 Å². The smallest absolute Gasteiger partial charge is 0.0639 e. The second-order valence-electron chi connectivity index (χ2n) is 4.45. The van der Waals surface area contributed by atoms with E-state index in [1.54, 1.807) is 12.4 Å². The molecule has 0 unspecified atom stereocenters. The molecule has 2 heterocycles. The standard InChI is InChI=1S/C15H14ClN3/c16-14-9-18-6-5-12(14)10-19-13(8-17)7-11-3-1-2-4-15(11)19/h1-7,9H,8,10,17H2. The van der Waals surface area contributed by atoms with Gasteiger partial charge in [-0.25, -0.2) is 0 Å². The molecule has 0 spiro atoms. The lowest BCUT2D eigenvalue weighted by Crippen LogP contribution is -2.08. The third kappa shape index (κ3) is 2.23. The monoisotopic (exact) mass is 271 g/mol. The number of para-hydroxylation sites is 1. The first kappa shape index (κ1) is 12.2. The molecular formula is C15H14ClN3. The summed E-state index contributed by atoms with van der Waals surface area (Å²) in [5, 5.41) is 1.89. The van der Waals surface area contributed by atoms with E-state index in [1.807, 2.05) is 18.2 Å². The maximum atomic E-state index is 6.18. The molecule has 0 saturated carbocycles. The van der Waals surface area contributed by atoms with E-state index in [2.05, 4.69) is 27.8 Å². The molecule has 96 valence electrons. The summed E-state index contributed by atoms with van der Waals surface area (Å²) in [5.74, 6) is 0. The van der Waals surface area contributed by atoms with Crippen molar-refractivity contribution in [1.29, 1.82) is 0 Å². The summed E-state index contributed by atoms with van der Waals surface area (Å²) in [6.07, 6.45) is 3.43. The first-order chi connectivity index (χ1) is 9.29. The van der Waals surface area contributed by atoms with Gasteiger partial charge in [-0.1, -0.05) is 29.8 Å². The molecule has 3 nitrogen and oxygen atoms in total. The zero-order valence-corrected chi connectivity index (χ0v) is 11.1. The molecule has 3 aromatic rings. The summed E-state index contributed by atoms with van der Waals surface area (Å²) in [7, 11) is 0. The van der Waals surface area contributed by atoms with Crippen molar-refractivity contribution in [3.05, 3.63) is 65.1 Å². The van der Waals surface area contributed by atoms with Crippen molar-refractivity contribution >= 4 is 22.5 Å². The molecule has 0 fully saturated rings. The van der Waals surface area contributed by atoms with Crippen LogP contribution < -0.4 is 5.73 Å². The lowest BCUT2D eigenvalue weighted by molar-refractivity contribution is 0.767. The number of halogens is 1. The number of aromatic nitrogens is 2. The van der Waals surface area contributed by atoms with E-state index >= 15 is 0 Å². The Kier molecular flexibility index (Phi) is 3.23. The second kappa shape index (κ2) is 5.03. The maximum absolute atomic E-state index is 6.18. The number of rotatable bonds is 3. The highest BCUT2D eigenvalue weighted by Gasteiger charge is 2.09. The Hall–Kier alpha value is -1.84. The average Bonchev–Trinajstić information content (AvgIpc) is 2.79. The number of nitrogens with two attached hydrogens (primary N) is 1. The first-order valence-electron chi connectivity index (χ1n) is 6.15. The van der Waals surface area contributed by atoms with E-state index in [0.717, 1.165) is 11.3 Å². The molecule has 2 aromatic heterocycles. The van der Waals surface area contributed by atoms with Crippen LogP contribution in [-0.2, 0) is 13.1 Å². The lowest BCUT2D eigenvalue weighted by Gasteiger charge is -2.10. The Morgan fingerprint density at radius 2 is 2.05 bits per heavy atom. The Morgan fingerprint density at radius 3 is 2.84 bits per heavy atom. The molecular weight excluding hydrogens is 258 g/mol. The van der Waals surface area contributed by atoms with E-state index in [4.69, 9.17) is 17.3 Å². The van der Waals surface area contributed by atoms with Gasteiger partial charge in [-0.15, -0.1) is 0 Å². The lowest BCUT2D eigenvalue weighted by atomic mass is 10.2. The number of nitrogens with zero attached hydrogens (tertiary/aromatic N) is 2. The second-order valence-corrected chi connectivity index (χ2v) is 4.86. The predicted octanol–water partition coefficient (Wildman–Crippen LogP) is 3.20. The van der Waals surface area contributed by atoms with Gasteiger partial charge in [0.1, 0.15) is 0 Å². The van der Waals surface area contributed by atoms with E-state index in [9.17, 15) is 0 Å². The van der Waals surface area contributed by atoms with Gasteiger partial charge in [0.15, 0.2) is 0 Å². The third-order valence-electron chi connectivity index (χ3n) is 3.29. The van der Waals surface area contributed by atoms with E-state index < -0.39 is 0 Å². The summed E-state index contributed by atoms with van der Waals surface area (Å²) in [6.45, 7) is 1.22. The molecule has 0 bridgehead atoms. The van der Waals surface area contributed by atoms with Crippen molar-refractivity contribution in [3.8, 4) is 0 Å². The molecule has 0 radical (unpaired) electrons. The van der Waals surface area contributed by atoms with Gasteiger partial charge in [-0.3, -0.25) is 4.98 Å². The van der Waals surface area contributed by atoms with Gasteiger partial charge in [-0.05, 0) is 29.1 Å². The molecule has 0 saturated heterocycles. The summed E-state index contributed by atoms with van der Waals surface area (Å²) in [4.78, 5) is 4.01. The fraction of sp³-hybridized carbons (Fsp3) is 0.133. The number of hydrogen-bond donors (Lipinski definition) is 1. The topological polar surface area (TPSA) is 43.8 Å². The Labute approximate surface area is 116 Å². The Morgan fingerprint density at radius 1 is 1.21 bits per heavy atom. The highest BCUT2D eigenvalue weighted by atomic mass is 35.5. The molecule has 2 N–H and O–H groups in total. The van der Waals surface area contributed by atoms with Gasteiger partial charge < -0.3 is 10.3 Å². The van der Waals surface area contributed by atoms with Crippen LogP contribution in [-0.4, -0.2) is 9.55 Å². The van der Waals surface area contributed by atoms with Crippen LogP contribution in [0.25, 0.3) is 10.9 Å². The summed E-state index contributed by atoms with van der Waals surface area (Å²) in [6, 6.07) is 12.3. The minimum Gasteiger partial charge on any atom is -0.339 e. The zero-order chi connectivity index (χ0) is 13.2. The number of benzene rings is 1. The molecule has 0 atom stereocenters. The summed E-state index contributed by atoms with van der Waals surface area (Å²) < 4.78 is 2.20. The van der Waals surface area contributed by atoms with E-state index in [-0.39, 0.29) is 0 Å². The van der Waals surface area contributed by atoms with Crippen molar-refractivity contribution in [1.82, 2.24) is 9.55 Å². The predicted molar refractivity (Wildman–Crippen MR) is 78.2 cm³/mol. The quantitative estimate of drug-likeness (QED) is 0.795. The highest BCUT2D eigenvalue weighted by molar-refractivity contribution is 6.31. The molecule has 1 aromatic carbocycles. The van der Waals surface area contributed by atoms with Gasteiger partial charge in [0.05, 0.1) is 5.02 Å². The van der Waals surface area contributed by atoms with Crippen molar-refractivity contribution in [3.63, 3.8) is 0 Å². The first-order valence-corrected chi connectivity index (χ1v) is 6.53. The number of fused-ring (bicyclic) bond motifs is 1. The Balaban J connectivity index is 2.12. The van der Waals surface area contributed by atoms with Gasteiger partial charge in [-0.2, -0.15) is 0 Å². The summed E-state index contributed by atoms with van der Waals surface area (Å²) >= 11 is 6.18. The minimum absolute atomic E-state index is 0.511. The van der Waals surface area contributed by atoms with Crippen LogP contribution in [0.5, 0.6) is 0 Å². The molecule has 3 rings (SSSR count). The van der Waals surface area contributed by atoms with Crippen LogP contribution >= 0.6 is 11.6 Å². The molecule has 4 heteroatoms. The van der Waals surface area contributed by atoms with E-state index in [1.165, 1.54) is 10.9 Å². The van der Waals surface area contributed by atoms with Crippen LogP contribution in [0, 0.1) is 0 Å². The fourth-order valence-electron chi connectivity index (χ4n) is 2.33. The van der Waals surface area contributed by atoms with E-state index in [0.29, 0.717) is 18.1 Å². The summed E-state index contributed by atoms with van der Waals surface area (Å²) in [5.41, 5.74) is 9.17. The van der Waals surface area contributed by atoms with Gasteiger partial charge in [0.25, 0.3) is 0 Å². The SMILES string of the molecule is NCc1cc2ccccc2n1Cc1ccncc1Cl. The van der Waals surface area contributed by atoms with Crippen LogP contribution in [0.1, 0.15) is 11.3 Å². The van der Waals surface area contributed by atoms with Crippen LogP contribution in [0.3, 0.4) is 0 Å². The highest BCUT2D eigenvalue weighted by Crippen LogP contribution is 2.23. The normalized spacial score (nSPS) is 11.1. The fourth-order valence-corrected chi connectivity index (χ4v) is 2.51. The van der Waals surface area contributed by atoms with Gasteiger partial charge in [0.2, 0.25) is 0 Å². The van der Waals surface area contributed by atoms with Crippen LogP contribution in [0.4, 0.5) is 0 Å². The largest absolute Gasteiger partial charge is 0.339 e. The average molecular weight is 272 g/mol. The van der Waals surface area contributed by atoms with Gasteiger partial charge >= 0.3 is 0 Å². The molecule has 0 aliphatic rings. The van der Waals surface area contributed by atoms with Crippen molar-refractivity contribution in [2.24, 2.45) is 5.73 Å². The number of pyridine rings is 1. The van der Waals surface area contributed by atoms with Crippen molar-refractivity contribution < 1.29 is 0 Å². The maximum Gasteiger partial charge on any atom is 0.0639 e. The zero-order valence-electron chi connectivity index (χ0n) is 10.4. The van der Waals surface area contributed by atoms with Gasteiger partial charge in [0, 0.05) is 36.7 Å².